The van der Waals surface area contributed by atoms with Crippen LogP contribution in [0.2, 0.25) is 5.02 Å². The fourth-order valence-electron chi connectivity index (χ4n) is 6.41. The molecule has 1 amide bonds. The van der Waals surface area contributed by atoms with Gasteiger partial charge in [0.1, 0.15) is 0 Å². The van der Waals surface area contributed by atoms with Crippen molar-refractivity contribution in [2.24, 2.45) is 11.3 Å². The van der Waals surface area contributed by atoms with Crippen LogP contribution in [0.1, 0.15) is 51.0 Å². The normalized spacial score (nSPS) is 33.5. The van der Waals surface area contributed by atoms with Gasteiger partial charge in [0, 0.05) is 30.7 Å². The van der Waals surface area contributed by atoms with Crippen molar-refractivity contribution >= 4 is 17.5 Å². The Balaban J connectivity index is 1.36. The number of carbonyl (C=O) groups is 1. The summed E-state index contributed by atoms with van der Waals surface area (Å²) in [6.07, 6.45) is 6.33. The monoisotopic (exact) mass is 445 g/mol. The Morgan fingerprint density at radius 2 is 1.94 bits per heavy atom. The van der Waals surface area contributed by atoms with Gasteiger partial charge in [-0.05, 0) is 69.2 Å². The van der Waals surface area contributed by atoms with Gasteiger partial charge in [-0.2, -0.15) is 0 Å². The molecule has 0 bridgehead atoms. The van der Waals surface area contributed by atoms with Crippen LogP contribution >= 0.6 is 11.6 Å². The molecule has 31 heavy (non-hydrogen) atoms. The van der Waals surface area contributed by atoms with Crippen molar-refractivity contribution in [3.8, 4) is 0 Å². The molecule has 1 N–H and O–H groups in total. The molecule has 2 saturated carbocycles. The molecule has 2 aliphatic heterocycles. The predicted octanol–water partition coefficient (Wildman–Crippen LogP) is 3.66. The van der Waals surface area contributed by atoms with Gasteiger partial charge in [-0.1, -0.05) is 36.7 Å². The first-order valence-electron chi connectivity index (χ1n) is 12.2. The molecule has 4 fully saturated rings. The number of nitrogens with one attached hydrogen (secondary N) is 1. The number of fused-ring (bicyclic) bond motifs is 1. The Bertz CT molecular complexity index is 808. The predicted molar refractivity (Wildman–Crippen MR) is 123 cm³/mol. The highest BCUT2D eigenvalue weighted by Crippen LogP contribution is 2.52. The molecule has 2 heterocycles. The van der Waals surface area contributed by atoms with Gasteiger partial charge < -0.3 is 15.0 Å². The topological polar surface area (TPSA) is 44.8 Å². The zero-order valence-electron chi connectivity index (χ0n) is 18.7. The van der Waals surface area contributed by atoms with Gasteiger partial charge >= 0.3 is 0 Å². The number of likely N-dealkylation sites (tertiary alicyclic amines) is 1. The van der Waals surface area contributed by atoms with Crippen molar-refractivity contribution < 1.29 is 9.53 Å². The first kappa shape index (κ1) is 21.7. The molecule has 0 spiro atoms. The van der Waals surface area contributed by atoms with Crippen molar-refractivity contribution in [3.05, 3.63) is 34.9 Å². The lowest BCUT2D eigenvalue weighted by Crippen LogP contribution is -2.61. The summed E-state index contributed by atoms with van der Waals surface area (Å²) in [5, 5.41) is 4.31. The minimum Gasteiger partial charge on any atom is -0.379 e. The van der Waals surface area contributed by atoms with E-state index in [-0.39, 0.29) is 16.9 Å². The van der Waals surface area contributed by atoms with Crippen LogP contribution in [-0.4, -0.2) is 67.7 Å². The van der Waals surface area contributed by atoms with Gasteiger partial charge in [-0.3, -0.25) is 9.69 Å². The average molecular weight is 446 g/mol. The van der Waals surface area contributed by atoms with Crippen LogP contribution < -0.4 is 5.32 Å². The number of hydrogen-bond donors (Lipinski definition) is 1. The highest BCUT2D eigenvalue weighted by atomic mass is 35.5. The Morgan fingerprint density at radius 3 is 2.65 bits per heavy atom. The van der Waals surface area contributed by atoms with E-state index < -0.39 is 0 Å². The van der Waals surface area contributed by atoms with Crippen LogP contribution in [0.5, 0.6) is 0 Å². The molecule has 1 aromatic carbocycles. The van der Waals surface area contributed by atoms with Crippen molar-refractivity contribution in [1.82, 2.24) is 15.1 Å². The summed E-state index contributed by atoms with van der Waals surface area (Å²) in [4.78, 5) is 19.1. The summed E-state index contributed by atoms with van der Waals surface area (Å²) in [6, 6.07) is 8.62. The summed E-state index contributed by atoms with van der Waals surface area (Å²) >= 11 is 6.53. The van der Waals surface area contributed by atoms with Crippen molar-refractivity contribution in [2.75, 3.05) is 45.9 Å². The third-order valence-electron chi connectivity index (χ3n) is 8.52. The van der Waals surface area contributed by atoms with Gasteiger partial charge in [-0.15, -0.1) is 0 Å². The smallest absolute Gasteiger partial charge is 0.228 e. The molecule has 0 unspecified atom stereocenters. The maximum atomic E-state index is 14.0. The molecule has 3 atom stereocenters. The van der Waals surface area contributed by atoms with E-state index in [1.54, 1.807) is 0 Å². The molecule has 0 aromatic heterocycles. The zero-order valence-corrected chi connectivity index (χ0v) is 19.5. The molecule has 4 aliphatic rings. The first-order valence-corrected chi connectivity index (χ1v) is 12.6. The lowest BCUT2D eigenvalue weighted by molar-refractivity contribution is -0.146. The highest BCUT2D eigenvalue weighted by molar-refractivity contribution is 6.31. The van der Waals surface area contributed by atoms with Crippen LogP contribution in [0.15, 0.2) is 24.3 Å². The number of amides is 1. The van der Waals surface area contributed by atoms with Crippen LogP contribution in [0.3, 0.4) is 0 Å². The highest BCUT2D eigenvalue weighted by Gasteiger charge is 2.56. The molecular weight excluding hydrogens is 410 g/mol. The second-order valence-corrected chi connectivity index (χ2v) is 10.5. The number of ether oxygens (including phenoxy) is 1. The van der Waals surface area contributed by atoms with Crippen molar-refractivity contribution in [1.29, 1.82) is 0 Å². The average Bonchev–Trinajstić information content (AvgIpc) is 3.59. The quantitative estimate of drug-likeness (QED) is 0.751. The van der Waals surface area contributed by atoms with Gasteiger partial charge in [-0.25, -0.2) is 0 Å². The minimum absolute atomic E-state index is 0.260. The Labute approximate surface area is 191 Å². The number of carbonyl (C=O) groups excluding carboxylic acids is 1. The maximum Gasteiger partial charge on any atom is 0.228 e. The number of rotatable bonds is 5. The standard InChI is InChI=1S/C25H36ClN3O2/c1-2-28-12-8-19-17-20(29-13-15-31-16-14-29)7-9-24(19,18-28)23(30)27-25(10-11-25)21-5-3-4-6-22(21)26/h3-6,19-20H,2,7-18H2,1H3,(H,27,30)/t19-,20+,24-/m1/s1. The van der Waals surface area contributed by atoms with Gasteiger partial charge in [0.25, 0.3) is 0 Å². The second kappa shape index (κ2) is 8.66. The first-order chi connectivity index (χ1) is 15.1. The Morgan fingerprint density at radius 1 is 1.16 bits per heavy atom. The molecule has 2 aliphatic carbocycles. The fraction of sp³-hybridized carbons (Fsp3) is 0.720. The van der Waals surface area contributed by atoms with Crippen LogP contribution in [-0.2, 0) is 15.1 Å². The van der Waals surface area contributed by atoms with Crippen molar-refractivity contribution in [3.63, 3.8) is 0 Å². The van der Waals surface area contributed by atoms with Gasteiger partial charge in [0.2, 0.25) is 5.91 Å². The van der Waals surface area contributed by atoms with Crippen molar-refractivity contribution in [2.45, 2.75) is 57.0 Å². The van der Waals surface area contributed by atoms with Crippen LogP contribution in [0.4, 0.5) is 0 Å². The number of morpholine rings is 1. The molecule has 0 radical (unpaired) electrons. The number of hydrogen-bond acceptors (Lipinski definition) is 4. The lowest BCUT2D eigenvalue weighted by atomic mass is 9.60. The molecular formula is C25H36ClN3O2. The van der Waals surface area contributed by atoms with Crippen LogP contribution in [0, 0.1) is 11.3 Å². The molecule has 170 valence electrons. The number of benzene rings is 1. The maximum absolute atomic E-state index is 14.0. The summed E-state index contributed by atoms with van der Waals surface area (Å²) in [7, 11) is 0. The minimum atomic E-state index is -0.270. The molecule has 5 nitrogen and oxygen atoms in total. The second-order valence-electron chi connectivity index (χ2n) is 10.1. The number of nitrogens with zero attached hydrogens (tertiary/aromatic N) is 2. The fourth-order valence-corrected chi connectivity index (χ4v) is 6.73. The van der Waals surface area contributed by atoms with E-state index in [4.69, 9.17) is 16.3 Å². The van der Waals surface area contributed by atoms with Gasteiger partial charge in [0.15, 0.2) is 0 Å². The van der Waals surface area contributed by atoms with Gasteiger partial charge in [0.05, 0.1) is 24.2 Å². The van der Waals surface area contributed by atoms with E-state index >= 15 is 0 Å². The van der Waals surface area contributed by atoms with Crippen LogP contribution in [0.25, 0.3) is 0 Å². The molecule has 2 saturated heterocycles. The Hall–Kier alpha value is -1.14. The zero-order chi connectivity index (χ0) is 21.5. The Kier molecular flexibility index (Phi) is 6.06. The number of halogens is 1. The van der Waals surface area contributed by atoms with E-state index in [2.05, 4.69) is 28.1 Å². The number of piperidine rings is 1. The SMILES string of the molecule is CCN1CC[C@@H]2C[C@@H](N3CCOCC3)CC[C@@]2(C(=O)NC2(c3ccccc3Cl)CC2)C1. The summed E-state index contributed by atoms with van der Waals surface area (Å²) < 4.78 is 5.57. The van der Waals surface area contributed by atoms with E-state index in [0.29, 0.717) is 12.0 Å². The van der Waals surface area contributed by atoms with E-state index in [9.17, 15) is 4.79 Å². The third-order valence-corrected chi connectivity index (χ3v) is 8.84. The van der Waals surface area contributed by atoms with E-state index in [0.717, 1.165) is 95.0 Å². The third kappa shape index (κ3) is 4.03. The lowest BCUT2D eigenvalue weighted by Gasteiger charge is -2.53. The molecule has 1 aromatic rings. The summed E-state index contributed by atoms with van der Waals surface area (Å²) in [5.41, 5.74) is 0.557. The largest absolute Gasteiger partial charge is 0.379 e. The molecule has 6 heteroatoms. The van der Waals surface area contributed by atoms with E-state index in [1.165, 1.54) is 0 Å². The van der Waals surface area contributed by atoms with E-state index in [1.807, 2.05) is 18.2 Å². The molecule has 5 rings (SSSR count). The summed E-state index contributed by atoms with van der Waals surface area (Å²) in [5.74, 6) is 0.729. The summed E-state index contributed by atoms with van der Waals surface area (Å²) in [6.45, 7) is 9.01.